The van der Waals surface area contributed by atoms with Gasteiger partial charge in [-0.1, -0.05) is 6.07 Å². The van der Waals surface area contributed by atoms with Crippen molar-refractivity contribution < 1.29 is 4.74 Å². The molecule has 0 aromatic heterocycles. The first-order chi connectivity index (χ1) is 9.52. The molecule has 1 aromatic rings. The van der Waals surface area contributed by atoms with Gasteiger partial charge in [0, 0.05) is 25.9 Å². The van der Waals surface area contributed by atoms with Gasteiger partial charge in [-0.25, -0.2) is 0 Å². The van der Waals surface area contributed by atoms with E-state index in [2.05, 4.69) is 41.2 Å². The lowest BCUT2D eigenvalue weighted by atomic mass is 10.1. The Balaban J connectivity index is 0.00000400. The van der Waals surface area contributed by atoms with E-state index in [0.29, 0.717) is 12.5 Å². The number of benzene rings is 1. The van der Waals surface area contributed by atoms with E-state index in [1.807, 2.05) is 13.1 Å². The first kappa shape index (κ1) is 20.1. The molecule has 0 fully saturated rings. The van der Waals surface area contributed by atoms with Gasteiger partial charge < -0.3 is 20.7 Å². The molecule has 0 radical (unpaired) electrons. The molecule has 0 bridgehead atoms. The smallest absolute Gasteiger partial charge is 0.193 e. The molecule has 0 aliphatic heterocycles. The van der Waals surface area contributed by atoms with Crippen molar-refractivity contribution in [3.63, 3.8) is 0 Å². The van der Waals surface area contributed by atoms with E-state index in [1.165, 1.54) is 11.1 Å². The summed E-state index contributed by atoms with van der Waals surface area (Å²) >= 11 is 0. The van der Waals surface area contributed by atoms with Crippen molar-refractivity contribution in [2.45, 2.75) is 13.8 Å². The number of nitrogens with one attached hydrogen (secondary N) is 1. The third kappa shape index (κ3) is 8.23. The van der Waals surface area contributed by atoms with Crippen LogP contribution in [0.4, 0.5) is 5.69 Å². The molecule has 1 aromatic carbocycles. The molecule has 21 heavy (non-hydrogen) atoms. The predicted octanol–water partition coefficient (Wildman–Crippen LogP) is 2.23. The summed E-state index contributed by atoms with van der Waals surface area (Å²) in [6.45, 7) is 7.33. The first-order valence-electron chi connectivity index (χ1n) is 6.84. The molecule has 0 spiro atoms. The first-order valence-corrected chi connectivity index (χ1v) is 6.84. The van der Waals surface area contributed by atoms with Crippen molar-refractivity contribution in [3.05, 3.63) is 29.3 Å². The van der Waals surface area contributed by atoms with Crippen molar-refractivity contribution in [3.8, 4) is 0 Å². The molecular weight excluding hydrogens is 379 g/mol. The molecule has 0 aliphatic rings. The third-order valence-electron chi connectivity index (χ3n) is 3.22. The number of guanidine groups is 1. The zero-order chi connectivity index (χ0) is 15.0. The molecule has 120 valence electrons. The summed E-state index contributed by atoms with van der Waals surface area (Å²) < 4.78 is 5.03. The van der Waals surface area contributed by atoms with Crippen LogP contribution in [0.5, 0.6) is 0 Å². The number of hydrogen-bond donors (Lipinski definition) is 2. The number of nitrogens with zero attached hydrogens (tertiary/aromatic N) is 2. The van der Waals surface area contributed by atoms with E-state index >= 15 is 0 Å². The number of nitrogens with two attached hydrogens (primary N) is 1. The zero-order valence-corrected chi connectivity index (χ0v) is 15.7. The summed E-state index contributed by atoms with van der Waals surface area (Å²) in [5.41, 5.74) is 9.36. The minimum absolute atomic E-state index is 0. The van der Waals surface area contributed by atoms with Crippen molar-refractivity contribution in [1.82, 2.24) is 4.90 Å². The number of likely N-dealkylation sites (N-methyl/N-ethyl adjacent to an activating group) is 1. The second-order valence-corrected chi connectivity index (χ2v) is 4.99. The molecule has 0 aliphatic carbocycles. The normalized spacial score (nSPS) is 11.4. The van der Waals surface area contributed by atoms with Gasteiger partial charge in [-0.3, -0.25) is 4.99 Å². The van der Waals surface area contributed by atoms with Gasteiger partial charge in [-0.15, -0.1) is 24.0 Å². The molecule has 0 atom stereocenters. The minimum Gasteiger partial charge on any atom is -0.383 e. The number of anilines is 1. The number of aryl methyl sites for hydroxylation is 2. The summed E-state index contributed by atoms with van der Waals surface area (Å²) in [7, 11) is 3.75. The lowest BCUT2D eigenvalue weighted by Crippen LogP contribution is -2.28. The summed E-state index contributed by atoms with van der Waals surface area (Å²) in [5, 5.41) is 3.11. The Morgan fingerprint density at radius 3 is 2.62 bits per heavy atom. The van der Waals surface area contributed by atoms with E-state index in [1.54, 1.807) is 7.11 Å². The van der Waals surface area contributed by atoms with Crippen molar-refractivity contribution in [2.24, 2.45) is 10.7 Å². The topological polar surface area (TPSA) is 62.9 Å². The van der Waals surface area contributed by atoms with Crippen LogP contribution in [0.15, 0.2) is 23.2 Å². The van der Waals surface area contributed by atoms with Crippen molar-refractivity contribution in [1.29, 1.82) is 0 Å². The lowest BCUT2D eigenvalue weighted by molar-refractivity contribution is 0.163. The van der Waals surface area contributed by atoms with Crippen LogP contribution in [-0.2, 0) is 4.74 Å². The maximum Gasteiger partial charge on any atom is 0.193 e. The molecule has 3 N–H and O–H groups in total. The van der Waals surface area contributed by atoms with Crippen LogP contribution in [0.25, 0.3) is 0 Å². The van der Waals surface area contributed by atoms with Gasteiger partial charge in [0.25, 0.3) is 0 Å². The quantitative estimate of drug-likeness (QED) is 0.414. The monoisotopic (exact) mass is 406 g/mol. The fourth-order valence-corrected chi connectivity index (χ4v) is 1.71. The van der Waals surface area contributed by atoms with Gasteiger partial charge in [0.1, 0.15) is 0 Å². The van der Waals surface area contributed by atoms with Crippen molar-refractivity contribution >= 4 is 35.6 Å². The maximum absolute atomic E-state index is 5.88. The van der Waals surface area contributed by atoms with E-state index in [0.717, 1.165) is 25.4 Å². The highest BCUT2D eigenvalue weighted by atomic mass is 127. The van der Waals surface area contributed by atoms with E-state index in [9.17, 15) is 0 Å². The number of halogens is 1. The molecule has 5 nitrogen and oxygen atoms in total. The fraction of sp³-hybridized carbons (Fsp3) is 0.533. The number of aliphatic imine (C=N–C) groups is 1. The fourth-order valence-electron chi connectivity index (χ4n) is 1.71. The Hall–Kier alpha value is -0.860. The molecular formula is C15H27IN4O. The summed E-state index contributed by atoms with van der Waals surface area (Å²) in [6.07, 6.45) is 0. The van der Waals surface area contributed by atoms with Crippen LogP contribution in [0, 0.1) is 13.8 Å². The molecule has 0 unspecified atom stereocenters. The third-order valence-corrected chi connectivity index (χ3v) is 3.22. The van der Waals surface area contributed by atoms with Crippen LogP contribution in [0.3, 0.4) is 0 Å². The van der Waals surface area contributed by atoms with Gasteiger partial charge in [0.2, 0.25) is 0 Å². The van der Waals surface area contributed by atoms with Crippen LogP contribution >= 0.6 is 24.0 Å². The highest BCUT2D eigenvalue weighted by molar-refractivity contribution is 14.0. The number of ether oxygens (including phenoxy) is 1. The molecule has 0 saturated heterocycles. The highest BCUT2D eigenvalue weighted by Gasteiger charge is 1.99. The second kappa shape index (κ2) is 10.8. The van der Waals surface area contributed by atoms with Crippen LogP contribution < -0.4 is 11.1 Å². The second-order valence-electron chi connectivity index (χ2n) is 4.99. The standard InChI is InChI=1S/C15H26N4O.HI/c1-12-5-6-14(11-13(12)2)18-15(16)17-7-8-19(3)9-10-20-4;/h5-6,11H,7-10H2,1-4H3,(H3,16,17,18);1H. The Labute approximate surface area is 145 Å². The number of hydrogen-bond acceptors (Lipinski definition) is 3. The van der Waals surface area contributed by atoms with E-state index in [-0.39, 0.29) is 24.0 Å². The van der Waals surface area contributed by atoms with Crippen LogP contribution in [0.1, 0.15) is 11.1 Å². The molecule has 1 rings (SSSR count). The molecule has 0 saturated carbocycles. The lowest BCUT2D eigenvalue weighted by Gasteiger charge is -2.14. The summed E-state index contributed by atoms with van der Waals surface area (Å²) in [5.74, 6) is 0.452. The predicted molar refractivity (Wildman–Crippen MR) is 101 cm³/mol. The average Bonchev–Trinajstić information content (AvgIpc) is 2.40. The van der Waals surface area contributed by atoms with Crippen LogP contribution in [-0.4, -0.2) is 51.3 Å². The maximum atomic E-state index is 5.88. The summed E-state index contributed by atoms with van der Waals surface area (Å²) in [6, 6.07) is 6.15. The van der Waals surface area contributed by atoms with Crippen LogP contribution in [0.2, 0.25) is 0 Å². The minimum atomic E-state index is 0. The molecule has 0 heterocycles. The Morgan fingerprint density at radius 1 is 1.29 bits per heavy atom. The largest absolute Gasteiger partial charge is 0.383 e. The zero-order valence-electron chi connectivity index (χ0n) is 13.3. The molecule has 0 amide bonds. The number of rotatable bonds is 7. The Bertz CT molecular complexity index is 451. The van der Waals surface area contributed by atoms with Gasteiger partial charge in [-0.05, 0) is 44.2 Å². The van der Waals surface area contributed by atoms with Gasteiger partial charge in [-0.2, -0.15) is 0 Å². The van der Waals surface area contributed by atoms with E-state index in [4.69, 9.17) is 10.5 Å². The van der Waals surface area contributed by atoms with Gasteiger partial charge >= 0.3 is 0 Å². The van der Waals surface area contributed by atoms with E-state index < -0.39 is 0 Å². The average molecular weight is 406 g/mol. The number of methoxy groups -OCH3 is 1. The van der Waals surface area contributed by atoms with Gasteiger partial charge in [0.05, 0.1) is 13.2 Å². The Kier molecular flexibility index (Phi) is 10.4. The van der Waals surface area contributed by atoms with Gasteiger partial charge in [0.15, 0.2) is 5.96 Å². The van der Waals surface area contributed by atoms with Crippen molar-refractivity contribution in [2.75, 3.05) is 45.7 Å². The SMILES string of the molecule is COCCN(C)CCN=C(N)Nc1ccc(C)c(C)c1.I. The Morgan fingerprint density at radius 2 is 2.00 bits per heavy atom. The highest BCUT2D eigenvalue weighted by Crippen LogP contribution is 2.13. The summed E-state index contributed by atoms with van der Waals surface area (Å²) in [4.78, 5) is 6.48. The molecule has 6 heteroatoms.